The fraction of sp³-hybridized carbons (Fsp3) is 0.750. The molecule has 0 saturated heterocycles. The number of hydrogen-bond donors (Lipinski definition) is 0. The van der Waals surface area contributed by atoms with Crippen LogP contribution in [0.1, 0.15) is 19.8 Å². The van der Waals surface area contributed by atoms with Gasteiger partial charge < -0.3 is 0 Å². The molecule has 0 aliphatic carbocycles. The summed E-state index contributed by atoms with van der Waals surface area (Å²) in [4.78, 5) is 0. The average Bonchev–Trinajstić information content (AvgIpc) is 1.61. The first-order valence-corrected chi connectivity index (χ1v) is 3.01. The Morgan fingerprint density at radius 1 is 1.83 bits per heavy atom. The predicted molar refractivity (Wildman–Crippen MR) is 37.4 cm³/mol. The molecule has 0 unspecified atom stereocenters. The van der Waals surface area contributed by atoms with Gasteiger partial charge in [0.15, 0.2) is 0 Å². The Hall–Kier alpha value is 0.400. The minimum Gasteiger partial charge on any atom is -0.228 e. The Kier molecular flexibility index (Phi) is 5.76. The van der Waals surface area contributed by atoms with Crippen LogP contribution in [0.3, 0.4) is 0 Å². The van der Waals surface area contributed by atoms with Crippen molar-refractivity contribution in [2.45, 2.75) is 19.8 Å². The maximum absolute atomic E-state index is 3.77. The zero-order chi connectivity index (χ0) is 4.83. The van der Waals surface area contributed by atoms with Crippen LogP contribution in [0.2, 0.25) is 0 Å². The number of hydrogen-bond acceptors (Lipinski definition) is 1. The molecule has 0 N–H and O–H groups in total. The molecule has 36 valence electrons. The van der Waals surface area contributed by atoms with Gasteiger partial charge in [-0.15, -0.1) is 0 Å². The van der Waals surface area contributed by atoms with E-state index in [2.05, 4.69) is 10.1 Å². The number of rotatable bonds is 2. The number of nitrogens with zero attached hydrogens (tertiary/aromatic N) is 1. The second-order valence-corrected chi connectivity index (χ2v) is 1.63. The van der Waals surface area contributed by atoms with Crippen molar-refractivity contribution < 1.29 is 0 Å². The van der Waals surface area contributed by atoms with Crippen LogP contribution < -0.4 is 0 Å². The lowest BCUT2D eigenvalue weighted by molar-refractivity contribution is 1.01. The fourth-order valence-electron chi connectivity index (χ4n) is 0.178. The highest BCUT2D eigenvalue weighted by atomic mass is 127. The molecule has 0 fully saturated rings. The van der Waals surface area contributed by atoms with E-state index in [1.54, 1.807) is 0 Å². The summed E-state index contributed by atoms with van der Waals surface area (Å²) in [5.41, 5.74) is 0. The molecule has 0 aromatic carbocycles. The minimum absolute atomic E-state index is 1.11. The van der Waals surface area contributed by atoms with Gasteiger partial charge in [-0.05, 0) is 6.42 Å². The van der Waals surface area contributed by atoms with Crippen molar-refractivity contribution in [3.8, 4) is 0 Å². The molecule has 0 aromatic rings. The maximum atomic E-state index is 3.77. The van der Waals surface area contributed by atoms with Crippen molar-refractivity contribution in [2.75, 3.05) is 0 Å². The molecule has 1 nitrogen and oxygen atoms in total. The van der Waals surface area contributed by atoms with Crippen molar-refractivity contribution >= 4 is 29.1 Å². The first-order valence-electron chi connectivity index (χ1n) is 2.04. The molecule has 2 heteroatoms. The van der Waals surface area contributed by atoms with E-state index in [0.29, 0.717) is 0 Å². The summed E-state index contributed by atoms with van der Waals surface area (Å²) in [7, 11) is 0. The normalized spacial score (nSPS) is 10.3. The van der Waals surface area contributed by atoms with E-state index in [-0.39, 0.29) is 0 Å². The van der Waals surface area contributed by atoms with Gasteiger partial charge in [-0.3, -0.25) is 0 Å². The molecule has 0 atom stereocenters. The highest BCUT2D eigenvalue weighted by Crippen LogP contribution is 1.84. The van der Waals surface area contributed by atoms with Gasteiger partial charge in [-0.2, -0.15) is 0 Å². The Morgan fingerprint density at radius 2 is 2.50 bits per heavy atom. The molecule has 0 aromatic heterocycles. The van der Waals surface area contributed by atoms with E-state index in [1.807, 2.05) is 29.1 Å². The summed E-state index contributed by atoms with van der Waals surface area (Å²) < 4.78 is 3.77. The standard InChI is InChI=1S/C4H8IN/c1-2-3-4-6-5/h4H,2-3H2,1H3. The quantitative estimate of drug-likeness (QED) is 0.475. The molecule has 0 amide bonds. The lowest BCUT2D eigenvalue weighted by atomic mass is 10.4. The Morgan fingerprint density at radius 3 is 2.67 bits per heavy atom. The fourth-order valence-corrected chi connectivity index (χ4v) is 0.456. The van der Waals surface area contributed by atoms with Crippen molar-refractivity contribution in [3.63, 3.8) is 0 Å². The van der Waals surface area contributed by atoms with Crippen LogP contribution in [0.25, 0.3) is 0 Å². The van der Waals surface area contributed by atoms with E-state index in [0.717, 1.165) is 6.42 Å². The predicted octanol–water partition coefficient (Wildman–Crippen LogP) is 2.21. The van der Waals surface area contributed by atoms with Gasteiger partial charge >= 0.3 is 0 Å². The number of halogens is 1. The molecule has 0 bridgehead atoms. The zero-order valence-corrected chi connectivity index (χ0v) is 5.97. The molecule has 0 saturated carbocycles. The van der Waals surface area contributed by atoms with Crippen LogP contribution in [0.5, 0.6) is 0 Å². The highest BCUT2D eigenvalue weighted by Gasteiger charge is 1.66. The zero-order valence-electron chi connectivity index (χ0n) is 3.82. The van der Waals surface area contributed by atoms with E-state index in [9.17, 15) is 0 Å². The average molecular weight is 197 g/mol. The lowest BCUT2D eigenvalue weighted by Crippen LogP contribution is -1.65. The molecular formula is C4H8IN. The van der Waals surface area contributed by atoms with Crippen molar-refractivity contribution in [1.82, 2.24) is 0 Å². The summed E-state index contributed by atoms with van der Waals surface area (Å²) in [6, 6.07) is 0. The van der Waals surface area contributed by atoms with Gasteiger partial charge in [0, 0.05) is 6.21 Å². The van der Waals surface area contributed by atoms with Crippen molar-refractivity contribution in [3.05, 3.63) is 0 Å². The molecule has 0 spiro atoms. The summed E-state index contributed by atoms with van der Waals surface area (Å²) >= 11 is 1.98. The topological polar surface area (TPSA) is 12.4 Å². The van der Waals surface area contributed by atoms with Gasteiger partial charge in [0.2, 0.25) is 0 Å². The van der Waals surface area contributed by atoms with Crippen molar-refractivity contribution in [2.24, 2.45) is 3.21 Å². The third-order valence-electron chi connectivity index (χ3n) is 0.487. The maximum Gasteiger partial charge on any atom is 0.0827 e. The summed E-state index contributed by atoms with van der Waals surface area (Å²) in [6.07, 6.45) is 4.23. The van der Waals surface area contributed by atoms with Crippen molar-refractivity contribution in [1.29, 1.82) is 0 Å². The highest BCUT2D eigenvalue weighted by molar-refractivity contribution is 14.1. The van der Waals surface area contributed by atoms with E-state index in [1.165, 1.54) is 6.42 Å². The first kappa shape index (κ1) is 6.40. The van der Waals surface area contributed by atoms with Crippen LogP contribution in [0, 0.1) is 0 Å². The molecule has 0 aliphatic rings. The van der Waals surface area contributed by atoms with Crippen LogP contribution in [0.4, 0.5) is 0 Å². The molecule has 0 heterocycles. The first-order chi connectivity index (χ1) is 2.91. The van der Waals surface area contributed by atoms with Gasteiger partial charge in [-0.25, -0.2) is 3.21 Å². The third kappa shape index (κ3) is 4.40. The summed E-state index contributed by atoms with van der Waals surface area (Å²) in [5, 5.41) is 0. The number of unbranched alkanes of at least 4 members (excludes halogenated alkanes) is 1. The van der Waals surface area contributed by atoms with Crippen LogP contribution >= 0.6 is 22.9 Å². The van der Waals surface area contributed by atoms with E-state index < -0.39 is 0 Å². The molecule has 0 aliphatic heterocycles. The van der Waals surface area contributed by atoms with Gasteiger partial charge in [0.25, 0.3) is 0 Å². The molecule has 0 radical (unpaired) electrons. The summed E-state index contributed by atoms with van der Waals surface area (Å²) in [5.74, 6) is 0. The third-order valence-corrected chi connectivity index (χ3v) is 0.881. The summed E-state index contributed by atoms with van der Waals surface area (Å²) in [6.45, 7) is 2.14. The monoisotopic (exact) mass is 197 g/mol. The van der Waals surface area contributed by atoms with E-state index >= 15 is 0 Å². The van der Waals surface area contributed by atoms with Crippen LogP contribution in [-0.4, -0.2) is 6.21 Å². The Labute approximate surface area is 52.3 Å². The second kappa shape index (κ2) is 5.40. The van der Waals surface area contributed by atoms with Crippen LogP contribution in [-0.2, 0) is 0 Å². The SMILES string of the molecule is CCCC=NI. The smallest absolute Gasteiger partial charge is 0.0827 e. The minimum atomic E-state index is 1.11. The Balaban J connectivity index is 2.66. The Bertz CT molecular complexity index is 42.8. The van der Waals surface area contributed by atoms with Gasteiger partial charge in [0.1, 0.15) is 0 Å². The second-order valence-electron chi connectivity index (χ2n) is 1.07. The van der Waals surface area contributed by atoms with Gasteiger partial charge in [-0.1, -0.05) is 13.3 Å². The molecular weight excluding hydrogens is 189 g/mol. The molecule has 0 rings (SSSR count). The van der Waals surface area contributed by atoms with E-state index in [4.69, 9.17) is 0 Å². The van der Waals surface area contributed by atoms with Crippen LogP contribution in [0.15, 0.2) is 3.21 Å². The lowest BCUT2D eigenvalue weighted by Gasteiger charge is -1.74. The largest absolute Gasteiger partial charge is 0.228 e. The van der Waals surface area contributed by atoms with Gasteiger partial charge in [0.05, 0.1) is 22.9 Å². The molecule has 6 heavy (non-hydrogen) atoms.